The summed E-state index contributed by atoms with van der Waals surface area (Å²) in [5.74, 6) is 0.247. The van der Waals surface area contributed by atoms with E-state index in [1.165, 1.54) is 0 Å². The van der Waals surface area contributed by atoms with Gasteiger partial charge in [-0.2, -0.15) is 0 Å². The zero-order valence-corrected chi connectivity index (χ0v) is 15.2. The Bertz CT molecular complexity index is 1160. The number of thiophene rings is 1. The molecular weight excluding hydrogens is 366 g/mol. The summed E-state index contributed by atoms with van der Waals surface area (Å²) < 4.78 is 28.3. The third-order valence-corrected chi connectivity index (χ3v) is 6.52. The first-order valence-electron chi connectivity index (χ1n) is 7.92. The lowest BCUT2D eigenvalue weighted by atomic mass is 10.1. The highest BCUT2D eigenvalue weighted by molar-refractivity contribution is 7.92. The average molecular weight is 381 g/mol. The topological polar surface area (TPSA) is 66.4 Å². The molecule has 4 rings (SSSR count). The van der Waals surface area contributed by atoms with E-state index in [1.54, 1.807) is 65.9 Å². The van der Waals surface area contributed by atoms with Crippen LogP contribution in [0.25, 0.3) is 20.5 Å². The number of anilines is 1. The summed E-state index contributed by atoms with van der Waals surface area (Å²) in [6, 6.07) is 22.9. The molecule has 1 aromatic heterocycles. The van der Waals surface area contributed by atoms with E-state index in [4.69, 9.17) is 0 Å². The molecular formula is C20H15NO3S2. The van der Waals surface area contributed by atoms with Crippen LogP contribution in [0, 0.1) is 0 Å². The Balaban J connectivity index is 1.60. The fraction of sp³-hybridized carbons (Fsp3) is 0. The Labute approximate surface area is 155 Å². The normalized spacial score (nSPS) is 11.5. The average Bonchev–Trinajstić information content (AvgIpc) is 3.06. The fourth-order valence-electron chi connectivity index (χ4n) is 2.68. The van der Waals surface area contributed by atoms with E-state index in [0.717, 1.165) is 20.5 Å². The van der Waals surface area contributed by atoms with Gasteiger partial charge in [0.1, 0.15) is 5.75 Å². The summed E-state index contributed by atoms with van der Waals surface area (Å²) in [4.78, 5) is 1.29. The monoisotopic (exact) mass is 381 g/mol. The summed E-state index contributed by atoms with van der Waals surface area (Å²) >= 11 is 1.58. The second-order valence-corrected chi connectivity index (χ2v) is 8.59. The van der Waals surface area contributed by atoms with Gasteiger partial charge in [-0.1, -0.05) is 30.3 Å². The molecule has 0 aliphatic heterocycles. The van der Waals surface area contributed by atoms with E-state index < -0.39 is 10.0 Å². The number of phenolic OH excluding ortho intramolecular Hbond substituents is 1. The first kappa shape index (κ1) is 16.6. The van der Waals surface area contributed by atoms with Gasteiger partial charge in [-0.15, -0.1) is 11.3 Å². The number of hydrogen-bond acceptors (Lipinski definition) is 4. The fourth-order valence-corrected chi connectivity index (χ4v) is 4.86. The van der Waals surface area contributed by atoms with Crippen LogP contribution in [0.5, 0.6) is 5.75 Å². The molecule has 0 aliphatic rings. The van der Waals surface area contributed by atoms with Crippen molar-refractivity contribution in [2.45, 2.75) is 4.90 Å². The second kappa shape index (κ2) is 6.48. The molecule has 0 unspecified atom stereocenters. The number of aromatic hydroxyl groups is 1. The molecule has 6 heteroatoms. The van der Waals surface area contributed by atoms with Gasteiger partial charge in [0.2, 0.25) is 0 Å². The van der Waals surface area contributed by atoms with Gasteiger partial charge in [0.15, 0.2) is 0 Å². The molecule has 0 saturated carbocycles. The molecule has 2 N–H and O–H groups in total. The van der Waals surface area contributed by atoms with Crippen molar-refractivity contribution in [1.29, 1.82) is 0 Å². The Morgan fingerprint density at radius 1 is 0.846 bits per heavy atom. The maximum Gasteiger partial charge on any atom is 0.261 e. The zero-order chi connectivity index (χ0) is 18.1. The molecule has 4 aromatic rings. The maximum atomic E-state index is 12.4. The predicted molar refractivity (Wildman–Crippen MR) is 106 cm³/mol. The second-order valence-electron chi connectivity index (χ2n) is 5.83. The minimum Gasteiger partial charge on any atom is -0.508 e. The van der Waals surface area contributed by atoms with E-state index in [-0.39, 0.29) is 10.6 Å². The minimum atomic E-state index is -3.59. The number of hydrogen-bond donors (Lipinski definition) is 2. The highest BCUT2D eigenvalue weighted by atomic mass is 32.2. The standard InChI is InChI=1S/C20H15NO3S2/c22-17-11-8-15-12-19(25-20(15)13-17)14-6-9-16(10-7-14)21-26(23,24)18-4-2-1-3-5-18/h1-13,21-22H. The molecule has 130 valence electrons. The first-order chi connectivity index (χ1) is 12.5. The van der Waals surface area contributed by atoms with E-state index in [0.29, 0.717) is 5.69 Å². The van der Waals surface area contributed by atoms with Gasteiger partial charge in [0, 0.05) is 15.3 Å². The molecule has 0 saturated heterocycles. The Morgan fingerprint density at radius 3 is 2.31 bits per heavy atom. The Kier molecular flexibility index (Phi) is 4.14. The highest BCUT2D eigenvalue weighted by Gasteiger charge is 2.13. The lowest BCUT2D eigenvalue weighted by Crippen LogP contribution is -2.12. The molecule has 0 fully saturated rings. The van der Waals surface area contributed by atoms with Gasteiger partial charge in [-0.05, 0) is 59.5 Å². The van der Waals surface area contributed by atoms with Gasteiger partial charge in [-0.3, -0.25) is 4.72 Å². The van der Waals surface area contributed by atoms with Crippen LogP contribution in [0.15, 0.2) is 83.8 Å². The van der Waals surface area contributed by atoms with E-state index in [9.17, 15) is 13.5 Å². The quantitative estimate of drug-likeness (QED) is 0.518. The number of benzene rings is 3. The van der Waals surface area contributed by atoms with Gasteiger partial charge in [-0.25, -0.2) is 8.42 Å². The van der Waals surface area contributed by atoms with Gasteiger partial charge < -0.3 is 5.11 Å². The molecule has 0 radical (unpaired) electrons. The van der Waals surface area contributed by atoms with Gasteiger partial charge in [0.25, 0.3) is 10.0 Å². The van der Waals surface area contributed by atoms with Gasteiger partial charge in [0.05, 0.1) is 4.90 Å². The van der Waals surface area contributed by atoms with Crippen LogP contribution in [-0.2, 0) is 10.0 Å². The van der Waals surface area contributed by atoms with Gasteiger partial charge >= 0.3 is 0 Å². The van der Waals surface area contributed by atoms with E-state index in [2.05, 4.69) is 10.8 Å². The van der Waals surface area contributed by atoms with Crippen molar-refractivity contribution in [3.05, 3.63) is 78.9 Å². The molecule has 0 bridgehead atoms. The van der Waals surface area contributed by atoms with Crippen molar-refractivity contribution in [1.82, 2.24) is 0 Å². The first-order valence-corrected chi connectivity index (χ1v) is 10.2. The summed E-state index contributed by atoms with van der Waals surface area (Å²) in [7, 11) is -3.59. The van der Waals surface area contributed by atoms with Crippen molar-refractivity contribution < 1.29 is 13.5 Å². The van der Waals surface area contributed by atoms with Crippen LogP contribution in [0.1, 0.15) is 0 Å². The molecule has 0 atom stereocenters. The summed E-state index contributed by atoms with van der Waals surface area (Å²) in [6.45, 7) is 0. The van der Waals surface area contributed by atoms with Crippen LogP contribution in [0.4, 0.5) is 5.69 Å². The Hall–Kier alpha value is -2.83. The van der Waals surface area contributed by atoms with Crippen LogP contribution in [0.3, 0.4) is 0 Å². The van der Waals surface area contributed by atoms with Crippen LogP contribution in [0.2, 0.25) is 0 Å². The maximum absolute atomic E-state index is 12.4. The van der Waals surface area contributed by atoms with Crippen molar-refractivity contribution in [3.8, 4) is 16.2 Å². The minimum absolute atomic E-state index is 0.230. The van der Waals surface area contributed by atoms with Crippen LogP contribution in [-0.4, -0.2) is 13.5 Å². The number of sulfonamides is 1. The van der Waals surface area contributed by atoms with Crippen molar-refractivity contribution in [2.24, 2.45) is 0 Å². The zero-order valence-electron chi connectivity index (χ0n) is 13.6. The van der Waals surface area contributed by atoms with Crippen molar-refractivity contribution >= 4 is 37.1 Å². The molecule has 0 aliphatic carbocycles. The van der Waals surface area contributed by atoms with E-state index >= 15 is 0 Å². The van der Waals surface area contributed by atoms with Crippen LogP contribution >= 0.6 is 11.3 Å². The number of fused-ring (bicyclic) bond motifs is 1. The number of nitrogens with one attached hydrogen (secondary N) is 1. The van der Waals surface area contributed by atoms with Crippen LogP contribution < -0.4 is 4.72 Å². The molecule has 3 aromatic carbocycles. The summed E-state index contributed by atoms with van der Waals surface area (Å²) in [5.41, 5.74) is 1.50. The molecule has 4 nitrogen and oxygen atoms in total. The van der Waals surface area contributed by atoms with Crippen molar-refractivity contribution in [2.75, 3.05) is 4.72 Å². The third kappa shape index (κ3) is 3.29. The summed E-state index contributed by atoms with van der Waals surface area (Å²) in [5, 5.41) is 10.7. The SMILES string of the molecule is O=S(=O)(Nc1ccc(-c2cc3ccc(O)cc3s2)cc1)c1ccccc1. The number of rotatable bonds is 4. The Morgan fingerprint density at radius 2 is 1.58 bits per heavy atom. The third-order valence-electron chi connectivity index (χ3n) is 3.98. The highest BCUT2D eigenvalue weighted by Crippen LogP contribution is 2.35. The largest absolute Gasteiger partial charge is 0.508 e. The van der Waals surface area contributed by atoms with Crippen molar-refractivity contribution in [3.63, 3.8) is 0 Å². The molecule has 26 heavy (non-hydrogen) atoms. The molecule has 0 spiro atoms. The predicted octanol–water partition coefficient (Wildman–Crippen LogP) is 5.07. The molecule has 0 amide bonds. The van der Waals surface area contributed by atoms with E-state index in [1.807, 2.05) is 18.2 Å². The lowest BCUT2D eigenvalue weighted by Gasteiger charge is -2.08. The smallest absolute Gasteiger partial charge is 0.261 e. The summed E-state index contributed by atoms with van der Waals surface area (Å²) in [6.07, 6.45) is 0. The number of phenols is 1. The lowest BCUT2D eigenvalue weighted by molar-refractivity contribution is 0.476. The molecule has 1 heterocycles.